The summed E-state index contributed by atoms with van der Waals surface area (Å²) in [6.07, 6.45) is 4.09. The van der Waals surface area contributed by atoms with Gasteiger partial charge in [-0.15, -0.1) is 0 Å². The van der Waals surface area contributed by atoms with Crippen LogP contribution in [0.25, 0.3) is 0 Å². The summed E-state index contributed by atoms with van der Waals surface area (Å²) < 4.78 is 5.80. The standard InChI is InChI=1S/C30H38N2O5/c1-30(2,3)37-29(36)32(26-20-25(26)22-9-5-4-6-10-22)24-16-18-31(19-17-24)27(33)11-7-8-21-12-14-23(15-13-21)28(34)35/h4-6,9-10,12-15,24-26H,7-8,11,16-20H2,1-3H3,(H,34,35). The van der Waals surface area contributed by atoms with Crippen molar-refractivity contribution in [2.45, 2.75) is 82.9 Å². The first kappa shape index (κ1) is 26.7. The molecule has 2 atom stereocenters. The Kier molecular flexibility index (Phi) is 8.20. The molecular formula is C30H38N2O5. The molecule has 0 radical (unpaired) electrons. The van der Waals surface area contributed by atoms with Gasteiger partial charge in [0.25, 0.3) is 0 Å². The second-order valence-corrected chi connectivity index (χ2v) is 11.2. The zero-order chi connectivity index (χ0) is 26.6. The van der Waals surface area contributed by atoms with Gasteiger partial charge in [0.1, 0.15) is 5.60 Å². The van der Waals surface area contributed by atoms with E-state index < -0.39 is 11.6 Å². The van der Waals surface area contributed by atoms with E-state index in [4.69, 9.17) is 9.84 Å². The second-order valence-electron chi connectivity index (χ2n) is 11.2. The van der Waals surface area contributed by atoms with E-state index in [-0.39, 0.29) is 29.6 Å². The lowest BCUT2D eigenvalue weighted by Crippen LogP contribution is -2.51. The predicted molar refractivity (Wildman–Crippen MR) is 142 cm³/mol. The fourth-order valence-electron chi connectivity index (χ4n) is 5.23. The Balaban J connectivity index is 1.30. The molecule has 7 nitrogen and oxygen atoms in total. The Hall–Kier alpha value is -3.35. The van der Waals surface area contributed by atoms with Crippen LogP contribution in [-0.4, -0.2) is 63.7 Å². The summed E-state index contributed by atoms with van der Waals surface area (Å²) in [4.78, 5) is 41.0. The largest absolute Gasteiger partial charge is 0.478 e. The molecule has 1 saturated heterocycles. The molecule has 1 heterocycles. The first-order valence-electron chi connectivity index (χ1n) is 13.3. The summed E-state index contributed by atoms with van der Waals surface area (Å²) in [5.41, 5.74) is 1.99. The Morgan fingerprint density at radius 3 is 2.24 bits per heavy atom. The molecule has 0 bridgehead atoms. The van der Waals surface area contributed by atoms with E-state index in [1.54, 1.807) is 12.1 Å². The number of hydrogen-bond donors (Lipinski definition) is 1. The van der Waals surface area contributed by atoms with E-state index in [9.17, 15) is 14.4 Å². The van der Waals surface area contributed by atoms with Gasteiger partial charge in [-0.3, -0.25) is 4.79 Å². The van der Waals surface area contributed by atoms with Crippen LogP contribution < -0.4 is 0 Å². The van der Waals surface area contributed by atoms with Gasteiger partial charge in [0.05, 0.1) is 5.56 Å². The highest BCUT2D eigenvalue weighted by molar-refractivity contribution is 5.87. The Labute approximate surface area is 219 Å². The van der Waals surface area contributed by atoms with Gasteiger partial charge in [-0.1, -0.05) is 42.5 Å². The van der Waals surface area contributed by atoms with Gasteiger partial charge in [0, 0.05) is 37.5 Å². The van der Waals surface area contributed by atoms with Crippen molar-refractivity contribution < 1.29 is 24.2 Å². The first-order chi connectivity index (χ1) is 17.6. The number of likely N-dealkylation sites (tertiary alicyclic amines) is 1. The molecule has 37 heavy (non-hydrogen) atoms. The summed E-state index contributed by atoms with van der Waals surface area (Å²) in [6, 6.07) is 17.4. The highest BCUT2D eigenvalue weighted by atomic mass is 16.6. The molecule has 1 saturated carbocycles. The third kappa shape index (κ3) is 7.12. The van der Waals surface area contributed by atoms with E-state index >= 15 is 0 Å². The summed E-state index contributed by atoms with van der Waals surface area (Å²) in [6.45, 7) is 6.96. The van der Waals surface area contributed by atoms with E-state index in [1.165, 1.54) is 5.56 Å². The predicted octanol–water partition coefficient (Wildman–Crippen LogP) is 5.49. The van der Waals surface area contributed by atoms with Crippen LogP contribution in [-0.2, 0) is 16.0 Å². The van der Waals surface area contributed by atoms with Crippen LogP contribution in [0.3, 0.4) is 0 Å². The molecule has 2 aromatic rings. The topological polar surface area (TPSA) is 87.2 Å². The highest BCUT2D eigenvalue weighted by Gasteiger charge is 2.49. The lowest BCUT2D eigenvalue weighted by atomic mass is 10.0. The average molecular weight is 507 g/mol. The number of carbonyl (C=O) groups is 3. The van der Waals surface area contributed by atoms with Gasteiger partial charge in [-0.2, -0.15) is 0 Å². The number of hydrogen-bond acceptors (Lipinski definition) is 4. The summed E-state index contributed by atoms with van der Waals surface area (Å²) in [7, 11) is 0. The maximum atomic E-state index is 13.3. The highest BCUT2D eigenvalue weighted by Crippen LogP contribution is 2.46. The maximum absolute atomic E-state index is 13.3. The van der Waals surface area contributed by atoms with Gasteiger partial charge in [-0.25, -0.2) is 9.59 Å². The Morgan fingerprint density at radius 1 is 1.00 bits per heavy atom. The minimum absolute atomic E-state index is 0.0605. The lowest BCUT2D eigenvalue weighted by Gasteiger charge is -2.39. The first-order valence-corrected chi connectivity index (χ1v) is 13.3. The van der Waals surface area contributed by atoms with Crippen LogP contribution in [0.15, 0.2) is 54.6 Å². The second kappa shape index (κ2) is 11.4. The molecule has 2 aliphatic rings. The minimum Gasteiger partial charge on any atom is -0.478 e. The van der Waals surface area contributed by atoms with E-state index in [0.29, 0.717) is 25.4 Å². The van der Waals surface area contributed by atoms with Crippen molar-refractivity contribution >= 4 is 18.0 Å². The summed E-state index contributed by atoms with van der Waals surface area (Å²) in [5, 5.41) is 9.02. The zero-order valence-electron chi connectivity index (χ0n) is 22.1. The van der Waals surface area contributed by atoms with Crippen LogP contribution in [0.2, 0.25) is 0 Å². The minimum atomic E-state index is -0.937. The number of nitrogens with zero attached hydrogens (tertiary/aromatic N) is 2. The number of carbonyl (C=O) groups excluding carboxylic acids is 2. The van der Waals surface area contributed by atoms with Crippen LogP contribution >= 0.6 is 0 Å². The van der Waals surface area contributed by atoms with Crippen molar-refractivity contribution in [2.75, 3.05) is 13.1 Å². The number of ether oxygens (including phenoxy) is 1. The smallest absolute Gasteiger partial charge is 0.410 e. The van der Waals surface area contributed by atoms with Crippen molar-refractivity contribution in [2.24, 2.45) is 0 Å². The molecule has 2 amide bonds. The van der Waals surface area contributed by atoms with E-state index in [1.807, 2.05) is 60.9 Å². The lowest BCUT2D eigenvalue weighted by molar-refractivity contribution is -0.132. The molecule has 7 heteroatoms. The van der Waals surface area contributed by atoms with Gasteiger partial charge in [-0.05, 0) is 76.1 Å². The van der Waals surface area contributed by atoms with E-state index in [2.05, 4.69) is 12.1 Å². The number of benzene rings is 2. The number of rotatable bonds is 8. The van der Waals surface area contributed by atoms with Crippen LogP contribution in [0.1, 0.15) is 80.3 Å². The fraction of sp³-hybridized carbons (Fsp3) is 0.500. The number of carboxylic acid groups (broad SMARTS) is 1. The van der Waals surface area contributed by atoms with Gasteiger partial charge in [0.15, 0.2) is 0 Å². The maximum Gasteiger partial charge on any atom is 0.410 e. The SMILES string of the molecule is CC(C)(C)OC(=O)N(C1CCN(C(=O)CCCc2ccc(C(=O)O)cc2)CC1)C1CC1c1ccccc1. The molecule has 2 aromatic carbocycles. The molecule has 1 aliphatic carbocycles. The van der Waals surface area contributed by atoms with Crippen molar-refractivity contribution in [3.05, 3.63) is 71.3 Å². The van der Waals surface area contributed by atoms with Gasteiger partial charge >= 0.3 is 12.1 Å². The molecule has 198 valence electrons. The number of amides is 2. The molecular weight excluding hydrogens is 468 g/mol. The van der Waals surface area contributed by atoms with Crippen molar-refractivity contribution in [3.63, 3.8) is 0 Å². The normalized spacial score (nSPS) is 19.8. The molecule has 1 aliphatic heterocycles. The molecule has 4 rings (SSSR count). The van der Waals surface area contributed by atoms with Crippen LogP contribution in [0.5, 0.6) is 0 Å². The van der Waals surface area contributed by atoms with Crippen LogP contribution in [0.4, 0.5) is 4.79 Å². The Bertz CT molecular complexity index is 1090. The average Bonchev–Trinajstić information content (AvgIpc) is 3.64. The molecule has 2 unspecified atom stereocenters. The quantitative estimate of drug-likeness (QED) is 0.511. The number of aryl methyl sites for hydroxylation is 1. The third-order valence-corrected chi connectivity index (χ3v) is 7.21. The number of piperidine rings is 1. The monoisotopic (exact) mass is 506 g/mol. The fourth-order valence-corrected chi connectivity index (χ4v) is 5.23. The van der Waals surface area contributed by atoms with Crippen molar-refractivity contribution in [1.29, 1.82) is 0 Å². The molecule has 1 N–H and O–H groups in total. The van der Waals surface area contributed by atoms with Gasteiger partial charge < -0.3 is 19.6 Å². The van der Waals surface area contributed by atoms with Gasteiger partial charge in [0.2, 0.25) is 5.91 Å². The number of carboxylic acids is 1. The summed E-state index contributed by atoms with van der Waals surface area (Å²) in [5.74, 6) is -0.469. The Morgan fingerprint density at radius 2 is 1.65 bits per heavy atom. The molecule has 0 spiro atoms. The van der Waals surface area contributed by atoms with E-state index in [0.717, 1.165) is 37.7 Å². The summed E-state index contributed by atoms with van der Waals surface area (Å²) >= 11 is 0. The molecule has 0 aromatic heterocycles. The number of aromatic carboxylic acids is 1. The van der Waals surface area contributed by atoms with Crippen LogP contribution in [0, 0.1) is 0 Å². The van der Waals surface area contributed by atoms with Crippen molar-refractivity contribution in [3.8, 4) is 0 Å². The zero-order valence-corrected chi connectivity index (χ0v) is 22.1. The third-order valence-electron chi connectivity index (χ3n) is 7.21. The molecule has 2 fully saturated rings. The van der Waals surface area contributed by atoms with Crippen molar-refractivity contribution in [1.82, 2.24) is 9.80 Å².